The molecule has 0 aliphatic carbocycles. The van der Waals surface area contributed by atoms with Crippen molar-refractivity contribution < 1.29 is 13.2 Å². The molecule has 2 unspecified atom stereocenters. The van der Waals surface area contributed by atoms with E-state index in [0.29, 0.717) is 18.0 Å². The number of amides is 1. The van der Waals surface area contributed by atoms with Crippen LogP contribution in [0.2, 0.25) is 5.02 Å². The highest BCUT2D eigenvalue weighted by Crippen LogP contribution is 2.24. The van der Waals surface area contributed by atoms with Crippen LogP contribution in [0.25, 0.3) is 0 Å². The fraction of sp³-hybridized carbons (Fsp3) is 0.421. The quantitative estimate of drug-likeness (QED) is 0.737. The zero-order valence-electron chi connectivity index (χ0n) is 15.1. The molecule has 2 aromatic rings. The van der Waals surface area contributed by atoms with E-state index in [4.69, 9.17) is 11.6 Å². The van der Waals surface area contributed by atoms with Gasteiger partial charge < -0.3 is 10.2 Å². The molecule has 0 bridgehead atoms. The molecule has 27 heavy (non-hydrogen) atoms. The third-order valence-electron chi connectivity index (χ3n) is 4.81. The smallest absolute Gasteiger partial charge is 0.237 e. The van der Waals surface area contributed by atoms with Crippen LogP contribution in [0.15, 0.2) is 41.8 Å². The number of hydrogen-bond acceptors (Lipinski definition) is 5. The molecule has 1 amide bonds. The van der Waals surface area contributed by atoms with Gasteiger partial charge in [0.05, 0.1) is 24.6 Å². The van der Waals surface area contributed by atoms with Crippen molar-refractivity contribution in [2.45, 2.75) is 32.0 Å². The van der Waals surface area contributed by atoms with Gasteiger partial charge in [0.25, 0.3) is 0 Å². The monoisotopic (exact) mass is 426 g/mol. The van der Waals surface area contributed by atoms with Crippen LogP contribution in [0.3, 0.4) is 0 Å². The van der Waals surface area contributed by atoms with Gasteiger partial charge in [0.15, 0.2) is 9.84 Å². The van der Waals surface area contributed by atoms with Gasteiger partial charge in [-0.15, -0.1) is 11.3 Å². The molecule has 1 aromatic heterocycles. The second-order valence-corrected chi connectivity index (χ2v) is 10.5. The number of nitrogens with one attached hydrogen (secondary N) is 1. The highest BCUT2D eigenvalue weighted by atomic mass is 35.5. The van der Waals surface area contributed by atoms with E-state index in [1.165, 1.54) is 0 Å². The molecule has 0 spiro atoms. The Kier molecular flexibility index (Phi) is 6.57. The predicted molar refractivity (Wildman–Crippen MR) is 110 cm³/mol. The van der Waals surface area contributed by atoms with Gasteiger partial charge in [0, 0.05) is 22.0 Å². The average molecular weight is 427 g/mol. The van der Waals surface area contributed by atoms with Crippen LogP contribution in [-0.2, 0) is 21.2 Å². The molecule has 2 atom stereocenters. The Morgan fingerprint density at radius 3 is 2.74 bits per heavy atom. The number of rotatable bonds is 7. The van der Waals surface area contributed by atoms with Crippen LogP contribution in [0.5, 0.6) is 0 Å². The first-order valence-corrected chi connectivity index (χ1v) is 11.9. The molecule has 146 valence electrons. The molecular formula is C19H23ClN2O3S2. The van der Waals surface area contributed by atoms with Gasteiger partial charge in [-0.3, -0.25) is 4.79 Å². The number of hydrogen-bond donors (Lipinski definition) is 1. The van der Waals surface area contributed by atoms with Crippen LogP contribution >= 0.6 is 22.9 Å². The summed E-state index contributed by atoms with van der Waals surface area (Å²) in [7, 11) is -3.06. The van der Waals surface area contributed by atoms with E-state index in [1.807, 2.05) is 48.7 Å². The summed E-state index contributed by atoms with van der Waals surface area (Å²) in [5.74, 6) is 0.101. The highest BCUT2D eigenvalue weighted by Gasteiger charge is 2.34. The molecule has 1 N–H and O–H groups in total. The standard InChI is InChI=1S/C19H23ClN2O3S2/c1-14(17-6-2-3-7-18(17)20)21-11-19(23)22(12-16-5-4-9-26-16)15-8-10-27(24,25)13-15/h2-7,9,14-15,21H,8,10-13H2,1H3. The fourth-order valence-corrected chi connectivity index (χ4v) is 6.02. The zero-order chi connectivity index (χ0) is 19.4. The van der Waals surface area contributed by atoms with Crippen LogP contribution in [0.4, 0.5) is 0 Å². The second kappa shape index (κ2) is 8.73. The van der Waals surface area contributed by atoms with E-state index in [9.17, 15) is 13.2 Å². The molecule has 0 radical (unpaired) electrons. The lowest BCUT2D eigenvalue weighted by Crippen LogP contribution is -2.45. The molecule has 1 aromatic carbocycles. The van der Waals surface area contributed by atoms with Gasteiger partial charge in [0.1, 0.15) is 0 Å². The van der Waals surface area contributed by atoms with Crippen LogP contribution < -0.4 is 5.32 Å². The van der Waals surface area contributed by atoms with Crippen molar-refractivity contribution in [3.05, 3.63) is 57.2 Å². The number of thiophene rings is 1. The van der Waals surface area contributed by atoms with Gasteiger partial charge in [-0.25, -0.2) is 8.42 Å². The lowest BCUT2D eigenvalue weighted by molar-refractivity contribution is -0.132. The lowest BCUT2D eigenvalue weighted by atomic mass is 10.1. The minimum atomic E-state index is -3.06. The van der Waals surface area contributed by atoms with E-state index in [-0.39, 0.29) is 36.0 Å². The van der Waals surface area contributed by atoms with Crippen molar-refractivity contribution in [1.29, 1.82) is 0 Å². The largest absolute Gasteiger partial charge is 0.332 e. The summed E-state index contributed by atoms with van der Waals surface area (Å²) in [4.78, 5) is 15.7. The van der Waals surface area contributed by atoms with E-state index < -0.39 is 9.84 Å². The predicted octanol–water partition coefficient (Wildman–Crippen LogP) is 3.27. The first-order valence-electron chi connectivity index (χ1n) is 8.86. The summed E-state index contributed by atoms with van der Waals surface area (Å²) in [6.45, 7) is 2.53. The maximum Gasteiger partial charge on any atom is 0.237 e. The maximum absolute atomic E-state index is 12.9. The molecule has 1 fully saturated rings. The van der Waals surface area contributed by atoms with E-state index in [0.717, 1.165) is 10.4 Å². The first-order chi connectivity index (χ1) is 12.9. The molecule has 1 saturated heterocycles. The molecular weight excluding hydrogens is 404 g/mol. The lowest BCUT2D eigenvalue weighted by Gasteiger charge is -2.29. The average Bonchev–Trinajstić information content (AvgIpc) is 3.26. The Morgan fingerprint density at radius 2 is 2.11 bits per heavy atom. The minimum Gasteiger partial charge on any atom is -0.332 e. The number of nitrogens with zero attached hydrogens (tertiary/aromatic N) is 1. The molecule has 0 saturated carbocycles. The summed E-state index contributed by atoms with van der Waals surface area (Å²) in [6, 6.07) is 11.1. The topological polar surface area (TPSA) is 66.5 Å². The summed E-state index contributed by atoms with van der Waals surface area (Å²) < 4.78 is 23.8. The van der Waals surface area contributed by atoms with Gasteiger partial charge >= 0.3 is 0 Å². The van der Waals surface area contributed by atoms with Crippen molar-refractivity contribution >= 4 is 38.7 Å². The van der Waals surface area contributed by atoms with Crippen LogP contribution in [0, 0.1) is 0 Å². The van der Waals surface area contributed by atoms with Crippen molar-refractivity contribution in [3.63, 3.8) is 0 Å². The Balaban J connectivity index is 1.68. The van der Waals surface area contributed by atoms with E-state index in [1.54, 1.807) is 16.2 Å². The Hall–Kier alpha value is -1.41. The van der Waals surface area contributed by atoms with Gasteiger partial charge in [0.2, 0.25) is 5.91 Å². The number of halogens is 1. The molecule has 1 aliphatic rings. The number of sulfone groups is 1. The SMILES string of the molecule is CC(NCC(=O)N(Cc1cccs1)C1CCS(=O)(=O)C1)c1ccccc1Cl. The molecule has 1 aliphatic heterocycles. The summed E-state index contributed by atoms with van der Waals surface area (Å²) in [6.07, 6.45) is 0.500. The molecule has 5 nitrogen and oxygen atoms in total. The molecule has 3 rings (SSSR count). The van der Waals surface area contributed by atoms with E-state index >= 15 is 0 Å². The fourth-order valence-electron chi connectivity index (χ4n) is 3.29. The van der Waals surface area contributed by atoms with Crippen LogP contribution in [0.1, 0.15) is 29.8 Å². The van der Waals surface area contributed by atoms with Crippen molar-refractivity contribution in [2.75, 3.05) is 18.1 Å². The summed E-state index contributed by atoms with van der Waals surface area (Å²) in [5, 5.41) is 5.84. The highest BCUT2D eigenvalue weighted by molar-refractivity contribution is 7.91. The Morgan fingerprint density at radius 1 is 1.33 bits per heavy atom. The Bertz CT molecular complexity index is 884. The van der Waals surface area contributed by atoms with Crippen molar-refractivity contribution in [1.82, 2.24) is 10.2 Å². The minimum absolute atomic E-state index is 0.0458. The van der Waals surface area contributed by atoms with Crippen LogP contribution in [-0.4, -0.2) is 43.3 Å². The third kappa shape index (κ3) is 5.31. The zero-order valence-corrected chi connectivity index (χ0v) is 17.5. The first kappa shape index (κ1) is 20.3. The molecule has 2 heterocycles. The van der Waals surface area contributed by atoms with Gasteiger partial charge in [-0.05, 0) is 36.4 Å². The maximum atomic E-state index is 12.9. The number of carbonyl (C=O) groups excluding carboxylic acids is 1. The van der Waals surface area contributed by atoms with Crippen molar-refractivity contribution in [3.8, 4) is 0 Å². The van der Waals surface area contributed by atoms with Crippen molar-refractivity contribution in [2.24, 2.45) is 0 Å². The third-order valence-corrected chi connectivity index (χ3v) is 7.76. The Labute approximate surface area is 169 Å². The van der Waals surface area contributed by atoms with Gasteiger partial charge in [-0.2, -0.15) is 0 Å². The molecule has 8 heteroatoms. The normalized spacial score (nSPS) is 19.7. The van der Waals surface area contributed by atoms with Gasteiger partial charge in [-0.1, -0.05) is 35.9 Å². The number of benzene rings is 1. The van der Waals surface area contributed by atoms with E-state index in [2.05, 4.69) is 5.32 Å². The summed E-state index contributed by atoms with van der Waals surface area (Å²) in [5.41, 5.74) is 0.931. The number of carbonyl (C=O) groups is 1. The summed E-state index contributed by atoms with van der Waals surface area (Å²) >= 11 is 7.80. The second-order valence-electron chi connectivity index (χ2n) is 6.78.